The highest BCUT2D eigenvalue weighted by Gasteiger charge is 2.43. The van der Waals surface area contributed by atoms with Crippen LogP contribution in [0.3, 0.4) is 0 Å². The van der Waals surface area contributed by atoms with Crippen LogP contribution < -0.4 is 0 Å². The smallest absolute Gasteiger partial charge is 0.341 e. The molecule has 2 aromatic heterocycles. The van der Waals surface area contributed by atoms with E-state index in [-0.39, 0.29) is 54.2 Å². The van der Waals surface area contributed by atoms with Gasteiger partial charge in [0, 0.05) is 37.8 Å². The molecule has 3 aliphatic rings. The van der Waals surface area contributed by atoms with Gasteiger partial charge in [-0.2, -0.15) is 0 Å². The van der Waals surface area contributed by atoms with Crippen molar-refractivity contribution < 1.29 is 28.7 Å². The minimum absolute atomic E-state index is 0.131. The average Bonchev–Trinajstić information content (AvgIpc) is 3.95. The van der Waals surface area contributed by atoms with Crippen molar-refractivity contribution in [1.82, 2.24) is 0 Å². The number of esters is 2. The summed E-state index contributed by atoms with van der Waals surface area (Å²) in [4.78, 5) is 53.8. The second-order valence-corrected chi connectivity index (χ2v) is 18.0. The lowest BCUT2D eigenvalue weighted by Gasteiger charge is -2.33. The van der Waals surface area contributed by atoms with Gasteiger partial charge in [-0.05, 0) is 94.8 Å². The lowest BCUT2D eigenvalue weighted by Crippen LogP contribution is -2.25. The van der Waals surface area contributed by atoms with E-state index in [0.29, 0.717) is 0 Å². The van der Waals surface area contributed by atoms with E-state index < -0.39 is 11.9 Å². The minimum Gasteiger partial charge on any atom is -0.462 e. The number of hydrogen-bond donors (Lipinski definition) is 0. The first-order valence-electron chi connectivity index (χ1n) is 21.1. The maximum Gasteiger partial charge on any atom is 0.341 e. The van der Waals surface area contributed by atoms with Gasteiger partial charge in [0.15, 0.2) is 11.6 Å². The number of ketones is 2. The van der Waals surface area contributed by atoms with Crippen LogP contribution in [-0.4, -0.2) is 36.7 Å². The van der Waals surface area contributed by atoms with E-state index in [1.165, 1.54) is 86.5 Å². The number of ether oxygens (including phenoxy) is 2. The average molecular weight is 803 g/mol. The van der Waals surface area contributed by atoms with Crippen molar-refractivity contribution in [2.45, 2.75) is 122 Å². The van der Waals surface area contributed by atoms with Crippen LogP contribution in [0.4, 0.5) is 0 Å². The molecule has 0 N–H and O–H groups in total. The number of carbonyl (C=O) groups is 4. The Bertz CT molecular complexity index is 1990. The zero-order valence-corrected chi connectivity index (χ0v) is 35.1. The van der Waals surface area contributed by atoms with Gasteiger partial charge in [-0.15, -0.1) is 22.7 Å². The lowest BCUT2D eigenvalue weighted by molar-refractivity contribution is -0.146. The van der Waals surface area contributed by atoms with Gasteiger partial charge < -0.3 is 9.47 Å². The Kier molecular flexibility index (Phi) is 13.5. The maximum atomic E-state index is 12.5. The summed E-state index contributed by atoms with van der Waals surface area (Å²) in [5.74, 6) is -1.40. The SMILES string of the molecule is CCCCCCCCC1(CCCCCCCC)c2cc(-c3ccc(C=C4C(=O)CCOC4=O)s3)ccc2-c2ccc(-c3ccc(C=C4C(=O)CCOC4=O)s3)cc21. The van der Waals surface area contributed by atoms with Crippen LogP contribution in [-0.2, 0) is 34.1 Å². The lowest BCUT2D eigenvalue weighted by atomic mass is 9.70. The quantitative estimate of drug-likeness (QED) is 0.0431. The minimum atomic E-state index is -0.537. The molecule has 2 saturated heterocycles. The van der Waals surface area contributed by atoms with Crippen molar-refractivity contribution >= 4 is 58.3 Å². The largest absolute Gasteiger partial charge is 0.462 e. The summed E-state index contributed by atoms with van der Waals surface area (Å²) in [6, 6.07) is 22.1. The molecule has 0 radical (unpaired) electrons. The molecule has 0 bridgehead atoms. The van der Waals surface area contributed by atoms with Gasteiger partial charge in [-0.3, -0.25) is 9.59 Å². The molecule has 7 rings (SSSR count). The molecule has 0 unspecified atom stereocenters. The number of carbonyl (C=O) groups excluding carboxylic acids is 4. The molecule has 2 fully saturated rings. The van der Waals surface area contributed by atoms with E-state index in [1.807, 2.05) is 12.1 Å². The van der Waals surface area contributed by atoms with Gasteiger partial charge in [0.2, 0.25) is 0 Å². The summed E-state index contributed by atoms with van der Waals surface area (Å²) >= 11 is 3.19. The van der Waals surface area contributed by atoms with E-state index in [1.54, 1.807) is 34.8 Å². The number of fused-ring (bicyclic) bond motifs is 3. The predicted octanol–water partition coefficient (Wildman–Crippen LogP) is 12.7. The molecular weight excluding hydrogens is 749 g/mol. The van der Waals surface area contributed by atoms with Crippen LogP contribution >= 0.6 is 22.7 Å². The molecular formula is C49H54O6S2. The standard InChI is InChI=1S/C49H54O6S2/c1-3-5-7-9-11-13-25-49(26-14-12-10-8-6-4-2)41-29-33(45-21-17-35(56-45)31-39-43(50)23-27-54-47(39)52)15-19-37(41)38-20-16-34(30-42(38)49)46-22-18-36(57-46)32-40-44(51)24-28-55-48(40)53/h15-22,29-32H,3-14,23-28H2,1-2H3. The van der Waals surface area contributed by atoms with E-state index >= 15 is 0 Å². The van der Waals surface area contributed by atoms with E-state index in [4.69, 9.17) is 9.47 Å². The summed E-state index contributed by atoms with van der Waals surface area (Å²) in [5.41, 5.74) is 7.83. The Balaban J connectivity index is 1.26. The third kappa shape index (κ3) is 9.18. The van der Waals surface area contributed by atoms with Gasteiger partial charge in [0.25, 0.3) is 0 Å². The van der Waals surface area contributed by atoms with Crippen LogP contribution in [0.15, 0.2) is 71.8 Å². The molecule has 57 heavy (non-hydrogen) atoms. The molecule has 0 spiro atoms. The van der Waals surface area contributed by atoms with Crippen molar-refractivity contribution in [2.75, 3.05) is 13.2 Å². The number of unbranched alkanes of at least 4 members (excludes halogenated alkanes) is 10. The Morgan fingerprint density at radius 2 is 0.965 bits per heavy atom. The van der Waals surface area contributed by atoms with Gasteiger partial charge >= 0.3 is 11.9 Å². The zero-order valence-electron chi connectivity index (χ0n) is 33.4. The summed E-state index contributed by atoms with van der Waals surface area (Å²) < 4.78 is 10.3. The van der Waals surface area contributed by atoms with E-state index in [0.717, 1.165) is 56.3 Å². The molecule has 2 aromatic carbocycles. The molecule has 0 atom stereocenters. The third-order valence-electron chi connectivity index (χ3n) is 11.8. The number of cyclic esters (lactones) is 2. The van der Waals surface area contributed by atoms with E-state index in [9.17, 15) is 19.2 Å². The van der Waals surface area contributed by atoms with Crippen molar-refractivity contribution in [3.05, 3.63) is 92.7 Å². The first kappa shape index (κ1) is 40.8. The fourth-order valence-electron chi connectivity index (χ4n) is 8.74. The van der Waals surface area contributed by atoms with Crippen LogP contribution in [0.1, 0.15) is 137 Å². The second kappa shape index (κ2) is 18.9. The molecule has 298 valence electrons. The molecule has 1 aliphatic carbocycles. The third-order valence-corrected chi connectivity index (χ3v) is 14.0. The van der Waals surface area contributed by atoms with Crippen LogP contribution in [0, 0.1) is 0 Å². The summed E-state index contributed by atoms with van der Waals surface area (Å²) in [7, 11) is 0. The fraction of sp³-hybridized carbons (Fsp3) is 0.429. The molecule has 4 aromatic rings. The summed E-state index contributed by atoms with van der Waals surface area (Å²) in [6.07, 6.45) is 20.9. The van der Waals surface area contributed by atoms with Gasteiger partial charge in [-0.25, -0.2) is 9.59 Å². The van der Waals surface area contributed by atoms with Gasteiger partial charge in [0.1, 0.15) is 11.1 Å². The van der Waals surface area contributed by atoms with Crippen LogP contribution in [0.5, 0.6) is 0 Å². The molecule has 4 heterocycles. The zero-order chi connectivity index (χ0) is 39.8. The highest BCUT2D eigenvalue weighted by atomic mass is 32.1. The van der Waals surface area contributed by atoms with Crippen molar-refractivity contribution in [3.8, 4) is 32.0 Å². The monoisotopic (exact) mass is 802 g/mol. The highest BCUT2D eigenvalue weighted by molar-refractivity contribution is 7.16. The van der Waals surface area contributed by atoms with Gasteiger partial charge in [0.05, 0.1) is 13.2 Å². The number of Topliss-reactive ketones (excluding diaryl/α,β-unsaturated/α-hetero) is 2. The molecule has 0 amide bonds. The first-order valence-corrected chi connectivity index (χ1v) is 22.8. The normalized spacial score (nSPS) is 17.6. The summed E-state index contributed by atoms with van der Waals surface area (Å²) in [6.45, 7) is 4.83. The maximum absolute atomic E-state index is 12.5. The Labute approximate surface area is 345 Å². The Hall–Kier alpha value is -4.40. The van der Waals surface area contributed by atoms with Crippen LogP contribution in [0.25, 0.3) is 44.2 Å². The van der Waals surface area contributed by atoms with Crippen molar-refractivity contribution in [3.63, 3.8) is 0 Å². The number of thiophene rings is 2. The van der Waals surface area contributed by atoms with Crippen molar-refractivity contribution in [2.24, 2.45) is 0 Å². The van der Waals surface area contributed by atoms with Crippen molar-refractivity contribution in [1.29, 1.82) is 0 Å². The second-order valence-electron chi connectivity index (χ2n) is 15.8. The number of benzene rings is 2. The fourth-order valence-corrected chi connectivity index (χ4v) is 10.6. The first-order chi connectivity index (χ1) is 27.8. The summed E-state index contributed by atoms with van der Waals surface area (Å²) in [5, 5.41) is 0. The molecule has 8 heteroatoms. The Morgan fingerprint density at radius 1 is 0.544 bits per heavy atom. The highest BCUT2D eigenvalue weighted by Crippen LogP contribution is 2.56. The molecule has 0 saturated carbocycles. The number of hydrogen-bond acceptors (Lipinski definition) is 8. The van der Waals surface area contributed by atoms with E-state index in [2.05, 4.69) is 62.4 Å². The Morgan fingerprint density at radius 3 is 1.39 bits per heavy atom. The topological polar surface area (TPSA) is 86.7 Å². The number of rotatable bonds is 18. The molecule has 2 aliphatic heterocycles. The van der Waals surface area contributed by atoms with Crippen LogP contribution in [0.2, 0.25) is 0 Å². The molecule has 6 nitrogen and oxygen atoms in total. The van der Waals surface area contributed by atoms with Gasteiger partial charge in [-0.1, -0.05) is 115 Å². The predicted molar refractivity (Wildman–Crippen MR) is 232 cm³/mol.